The average Bonchev–Trinajstić information content (AvgIpc) is 3.29. The molecule has 1 aliphatic rings. The lowest BCUT2D eigenvalue weighted by Crippen LogP contribution is -2.30. The maximum Gasteiger partial charge on any atom is 0.216 e. The number of aromatic nitrogens is 1. The summed E-state index contributed by atoms with van der Waals surface area (Å²) in [4.78, 5) is 0. The molecule has 1 fully saturated rings. The number of nitrogens with zero attached hydrogens (tertiary/aromatic N) is 2. The van der Waals surface area contributed by atoms with Crippen molar-refractivity contribution in [2.24, 2.45) is 7.05 Å². The van der Waals surface area contributed by atoms with Gasteiger partial charge in [-0.15, -0.1) is 0 Å². The minimum absolute atomic E-state index is 0.460. The summed E-state index contributed by atoms with van der Waals surface area (Å²) in [5.74, 6) is 1.82. The third-order valence-electron chi connectivity index (χ3n) is 7.58. The Labute approximate surface area is 211 Å². The molecule has 0 atom stereocenters. The number of furan rings is 1. The van der Waals surface area contributed by atoms with Crippen LogP contribution in [0.15, 0.2) is 77.3 Å². The van der Waals surface area contributed by atoms with Crippen LogP contribution in [0.2, 0.25) is 0 Å². The first kappa shape index (κ1) is 22.4. The van der Waals surface area contributed by atoms with Crippen LogP contribution in [0.4, 0.5) is 0 Å². The van der Waals surface area contributed by atoms with Crippen molar-refractivity contribution < 1.29 is 13.7 Å². The van der Waals surface area contributed by atoms with Crippen LogP contribution in [0.1, 0.15) is 54.7 Å². The fourth-order valence-electron chi connectivity index (χ4n) is 5.63. The van der Waals surface area contributed by atoms with E-state index in [1.807, 2.05) is 49.6 Å². The van der Waals surface area contributed by atoms with Gasteiger partial charge in [0.05, 0.1) is 11.1 Å². The molecule has 2 aromatic heterocycles. The smallest absolute Gasteiger partial charge is 0.216 e. The SMILES string of the molecule is Cc1ccc2c(oc3c(Oc4ccc(C5CCCCC5)cc4)c(C#N)ccc32)c1-c1cccc[n+]1C. The van der Waals surface area contributed by atoms with Gasteiger partial charge < -0.3 is 9.15 Å². The molecule has 4 heteroatoms. The molecule has 0 unspecified atom stereocenters. The highest BCUT2D eigenvalue weighted by Gasteiger charge is 2.23. The minimum atomic E-state index is 0.460. The zero-order chi connectivity index (χ0) is 24.6. The molecule has 0 N–H and O–H groups in total. The summed E-state index contributed by atoms with van der Waals surface area (Å²) in [5, 5.41) is 11.8. The zero-order valence-corrected chi connectivity index (χ0v) is 20.8. The van der Waals surface area contributed by atoms with Crippen molar-refractivity contribution in [2.45, 2.75) is 44.9 Å². The second-order valence-electron chi connectivity index (χ2n) is 9.87. The number of fused-ring (bicyclic) bond motifs is 3. The van der Waals surface area contributed by atoms with Crippen LogP contribution in [0.25, 0.3) is 33.2 Å². The Morgan fingerprint density at radius 1 is 0.889 bits per heavy atom. The van der Waals surface area contributed by atoms with E-state index in [0.29, 0.717) is 28.6 Å². The summed E-state index contributed by atoms with van der Waals surface area (Å²) in [5.41, 5.74) is 6.49. The van der Waals surface area contributed by atoms with E-state index in [0.717, 1.165) is 33.2 Å². The fourth-order valence-corrected chi connectivity index (χ4v) is 5.63. The third-order valence-corrected chi connectivity index (χ3v) is 7.58. The van der Waals surface area contributed by atoms with E-state index in [1.165, 1.54) is 37.7 Å². The van der Waals surface area contributed by atoms with E-state index < -0.39 is 0 Å². The number of hydrogen-bond acceptors (Lipinski definition) is 3. The highest BCUT2D eigenvalue weighted by atomic mass is 16.5. The van der Waals surface area contributed by atoms with Crippen LogP contribution in [0.5, 0.6) is 11.5 Å². The van der Waals surface area contributed by atoms with Gasteiger partial charge in [-0.05, 0) is 67.1 Å². The molecule has 178 valence electrons. The quantitative estimate of drug-likeness (QED) is 0.248. The van der Waals surface area contributed by atoms with Gasteiger partial charge in [0.15, 0.2) is 17.5 Å². The molecule has 2 heterocycles. The Hall–Kier alpha value is -4.10. The van der Waals surface area contributed by atoms with Crippen molar-refractivity contribution in [1.82, 2.24) is 0 Å². The van der Waals surface area contributed by atoms with Gasteiger partial charge in [-0.25, -0.2) is 4.57 Å². The van der Waals surface area contributed by atoms with Crippen molar-refractivity contribution in [3.63, 3.8) is 0 Å². The van der Waals surface area contributed by atoms with Gasteiger partial charge in [-0.2, -0.15) is 5.26 Å². The molecule has 1 aliphatic carbocycles. The summed E-state index contributed by atoms with van der Waals surface area (Å²) in [6, 6.07) is 24.8. The topological polar surface area (TPSA) is 50.0 Å². The molecular formula is C32H29N2O2+. The fraction of sp³-hybridized carbons (Fsp3) is 0.250. The number of pyridine rings is 1. The number of aryl methyl sites for hydroxylation is 2. The number of ether oxygens (including phenoxy) is 1. The van der Waals surface area contributed by atoms with Crippen LogP contribution in [-0.4, -0.2) is 0 Å². The van der Waals surface area contributed by atoms with E-state index in [9.17, 15) is 5.26 Å². The van der Waals surface area contributed by atoms with Crippen LogP contribution < -0.4 is 9.30 Å². The maximum atomic E-state index is 9.88. The number of nitriles is 1. The molecule has 4 nitrogen and oxygen atoms in total. The van der Waals surface area contributed by atoms with E-state index in [2.05, 4.69) is 47.9 Å². The van der Waals surface area contributed by atoms with Crippen molar-refractivity contribution in [3.05, 3.63) is 89.6 Å². The van der Waals surface area contributed by atoms with Crippen LogP contribution in [-0.2, 0) is 7.05 Å². The van der Waals surface area contributed by atoms with Gasteiger partial charge in [0.25, 0.3) is 0 Å². The molecule has 0 spiro atoms. The lowest BCUT2D eigenvalue weighted by molar-refractivity contribution is -0.660. The molecule has 6 rings (SSSR count). The first-order valence-corrected chi connectivity index (χ1v) is 12.8. The Morgan fingerprint density at radius 3 is 2.39 bits per heavy atom. The summed E-state index contributed by atoms with van der Waals surface area (Å²) >= 11 is 0. The second kappa shape index (κ2) is 9.17. The largest absolute Gasteiger partial charge is 0.452 e. The maximum absolute atomic E-state index is 9.88. The number of hydrogen-bond donors (Lipinski definition) is 0. The highest BCUT2D eigenvalue weighted by Crippen LogP contribution is 2.43. The standard InChI is InChI=1S/C32H29N2O2/c1-21-11-17-26-27-18-14-24(20-33)30(32(27)36-31(26)29(21)28-10-6-7-19-34(28)2)35-25-15-12-23(13-16-25)22-8-4-3-5-9-22/h6-7,10-19,22H,3-5,8-9H2,1-2H3/q+1. The van der Waals surface area contributed by atoms with Crippen molar-refractivity contribution in [1.29, 1.82) is 5.26 Å². The molecule has 0 bridgehead atoms. The average molecular weight is 474 g/mol. The van der Waals surface area contributed by atoms with E-state index in [1.54, 1.807) is 0 Å². The highest BCUT2D eigenvalue weighted by molar-refractivity contribution is 6.11. The van der Waals surface area contributed by atoms with E-state index in [4.69, 9.17) is 9.15 Å². The summed E-state index contributed by atoms with van der Waals surface area (Å²) in [6.07, 6.45) is 8.53. The first-order chi connectivity index (χ1) is 17.6. The molecule has 0 saturated heterocycles. The summed E-state index contributed by atoms with van der Waals surface area (Å²) in [6.45, 7) is 2.10. The Morgan fingerprint density at radius 2 is 1.64 bits per heavy atom. The molecule has 0 amide bonds. The van der Waals surface area contributed by atoms with E-state index in [-0.39, 0.29) is 0 Å². The van der Waals surface area contributed by atoms with Gasteiger partial charge in [0, 0.05) is 22.9 Å². The normalized spacial score (nSPS) is 14.2. The van der Waals surface area contributed by atoms with Crippen LogP contribution in [0, 0.1) is 18.3 Å². The van der Waals surface area contributed by atoms with Gasteiger partial charge in [0.1, 0.15) is 24.4 Å². The lowest BCUT2D eigenvalue weighted by atomic mass is 9.84. The summed E-state index contributed by atoms with van der Waals surface area (Å²) in [7, 11) is 2.04. The monoisotopic (exact) mass is 473 g/mol. The number of rotatable bonds is 4. The Balaban J connectivity index is 1.47. The molecule has 5 aromatic rings. The van der Waals surface area contributed by atoms with Crippen molar-refractivity contribution in [2.75, 3.05) is 0 Å². The van der Waals surface area contributed by atoms with E-state index >= 15 is 0 Å². The van der Waals surface area contributed by atoms with Crippen molar-refractivity contribution >= 4 is 21.9 Å². The van der Waals surface area contributed by atoms with Crippen LogP contribution >= 0.6 is 0 Å². The van der Waals surface area contributed by atoms with Gasteiger partial charge in [-0.3, -0.25) is 0 Å². The predicted octanol–water partition coefficient (Wildman–Crippen LogP) is 8.10. The molecule has 0 aliphatic heterocycles. The third kappa shape index (κ3) is 3.82. The summed E-state index contributed by atoms with van der Waals surface area (Å²) < 4.78 is 15.0. The molecule has 0 radical (unpaired) electrons. The predicted molar refractivity (Wildman–Crippen MR) is 142 cm³/mol. The molecular weight excluding hydrogens is 444 g/mol. The molecule has 3 aromatic carbocycles. The molecule has 36 heavy (non-hydrogen) atoms. The van der Waals surface area contributed by atoms with Crippen LogP contribution in [0.3, 0.4) is 0 Å². The van der Waals surface area contributed by atoms with Crippen molar-refractivity contribution in [3.8, 4) is 28.8 Å². The Bertz CT molecular complexity index is 1620. The van der Waals surface area contributed by atoms with Gasteiger partial charge in [-0.1, -0.05) is 43.5 Å². The molecule has 1 saturated carbocycles. The zero-order valence-electron chi connectivity index (χ0n) is 20.8. The van der Waals surface area contributed by atoms with Gasteiger partial charge >= 0.3 is 0 Å². The Kier molecular flexibility index (Phi) is 5.70. The second-order valence-corrected chi connectivity index (χ2v) is 9.87. The number of benzene rings is 3. The minimum Gasteiger partial charge on any atom is -0.452 e. The van der Waals surface area contributed by atoms with Gasteiger partial charge in [0.2, 0.25) is 5.69 Å². The lowest BCUT2D eigenvalue weighted by Gasteiger charge is -2.22. The first-order valence-electron chi connectivity index (χ1n) is 12.8.